The molecule has 1 fully saturated rings. The number of nitrogens with zero attached hydrogens (tertiary/aromatic N) is 2. The van der Waals surface area contributed by atoms with Gasteiger partial charge in [0.05, 0.1) is 12.4 Å². The Morgan fingerprint density at radius 1 is 1.43 bits per heavy atom. The number of nitrogens with one attached hydrogen (secondary N) is 1. The van der Waals surface area contributed by atoms with Crippen molar-refractivity contribution in [3.8, 4) is 0 Å². The van der Waals surface area contributed by atoms with Gasteiger partial charge in [-0.15, -0.1) is 0 Å². The number of hydrogen-bond donors (Lipinski definition) is 1. The standard InChI is InChI=1S/C15H23N3O4S/c1-22-9-10-23(20,21)18-7-4-14(5-8-18)15(19)17-12-13-3-2-6-16-11-13/h2-3,6,11,14H,4-5,7-10,12H2,1H3,(H,17,19). The second kappa shape index (κ2) is 8.37. The summed E-state index contributed by atoms with van der Waals surface area (Å²) >= 11 is 0. The molecule has 0 saturated carbocycles. The number of pyridine rings is 1. The fraction of sp³-hybridized carbons (Fsp3) is 0.600. The number of ether oxygens (including phenoxy) is 1. The van der Waals surface area contributed by atoms with Crippen LogP contribution in [0, 0.1) is 5.92 Å². The van der Waals surface area contributed by atoms with E-state index in [-0.39, 0.29) is 24.2 Å². The molecular formula is C15H23N3O4S. The third-order valence-corrected chi connectivity index (χ3v) is 5.79. The van der Waals surface area contributed by atoms with E-state index in [9.17, 15) is 13.2 Å². The molecule has 0 radical (unpaired) electrons. The van der Waals surface area contributed by atoms with Crippen LogP contribution in [-0.2, 0) is 26.1 Å². The molecule has 0 aromatic carbocycles. The number of amides is 1. The molecule has 0 spiro atoms. The largest absolute Gasteiger partial charge is 0.384 e. The average Bonchev–Trinajstić information content (AvgIpc) is 2.59. The van der Waals surface area contributed by atoms with Crippen molar-refractivity contribution in [2.45, 2.75) is 19.4 Å². The monoisotopic (exact) mass is 341 g/mol. The van der Waals surface area contributed by atoms with Crippen LogP contribution in [0.1, 0.15) is 18.4 Å². The van der Waals surface area contributed by atoms with Crippen molar-refractivity contribution in [3.63, 3.8) is 0 Å². The quantitative estimate of drug-likeness (QED) is 0.775. The van der Waals surface area contributed by atoms with Crippen LogP contribution in [0.4, 0.5) is 0 Å². The van der Waals surface area contributed by atoms with Crippen LogP contribution < -0.4 is 5.32 Å². The van der Waals surface area contributed by atoms with Gasteiger partial charge in [-0.05, 0) is 24.5 Å². The van der Waals surface area contributed by atoms with Crippen molar-refractivity contribution in [2.75, 3.05) is 32.6 Å². The van der Waals surface area contributed by atoms with Gasteiger partial charge in [-0.25, -0.2) is 12.7 Å². The van der Waals surface area contributed by atoms with Crippen molar-refractivity contribution in [3.05, 3.63) is 30.1 Å². The van der Waals surface area contributed by atoms with Gasteiger partial charge in [-0.1, -0.05) is 6.07 Å². The summed E-state index contributed by atoms with van der Waals surface area (Å²) in [5.74, 6) is -0.176. The lowest BCUT2D eigenvalue weighted by Crippen LogP contribution is -2.44. The minimum absolute atomic E-state index is 0.0125. The SMILES string of the molecule is COCCS(=O)(=O)N1CCC(C(=O)NCc2cccnc2)CC1. The van der Waals surface area contributed by atoms with Gasteiger partial charge in [0.2, 0.25) is 15.9 Å². The number of sulfonamides is 1. The number of methoxy groups -OCH3 is 1. The zero-order valence-electron chi connectivity index (χ0n) is 13.3. The highest BCUT2D eigenvalue weighted by atomic mass is 32.2. The van der Waals surface area contributed by atoms with E-state index in [1.807, 2.05) is 12.1 Å². The zero-order chi connectivity index (χ0) is 16.7. The van der Waals surface area contributed by atoms with Crippen molar-refractivity contribution in [1.82, 2.24) is 14.6 Å². The summed E-state index contributed by atoms with van der Waals surface area (Å²) in [6, 6.07) is 3.73. The molecule has 1 aliphatic rings. The van der Waals surface area contributed by atoms with E-state index < -0.39 is 10.0 Å². The van der Waals surface area contributed by atoms with Crippen LogP contribution in [0.25, 0.3) is 0 Å². The van der Waals surface area contributed by atoms with Crippen LogP contribution >= 0.6 is 0 Å². The van der Waals surface area contributed by atoms with Crippen molar-refractivity contribution in [2.24, 2.45) is 5.92 Å². The van der Waals surface area contributed by atoms with Gasteiger partial charge in [0.15, 0.2) is 0 Å². The first-order valence-electron chi connectivity index (χ1n) is 7.66. The molecule has 0 aliphatic carbocycles. The number of carbonyl (C=O) groups is 1. The van der Waals surface area contributed by atoms with E-state index in [4.69, 9.17) is 4.74 Å². The fourth-order valence-corrected chi connectivity index (χ4v) is 3.95. The Labute approximate surface area is 137 Å². The predicted molar refractivity (Wildman–Crippen MR) is 86.0 cm³/mol. The molecule has 1 aromatic rings. The number of carbonyl (C=O) groups excluding carboxylic acids is 1. The Morgan fingerprint density at radius 3 is 2.78 bits per heavy atom. The minimum atomic E-state index is -3.28. The molecule has 2 heterocycles. The molecule has 0 atom stereocenters. The highest BCUT2D eigenvalue weighted by Gasteiger charge is 2.30. The van der Waals surface area contributed by atoms with E-state index in [1.165, 1.54) is 11.4 Å². The maximum Gasteiger partial charge on any atom is 0.223 e. The summed E-state index contributed by atoms with van der Waals surface area (Å²) in [5, 5.41) is 2.89. The van der Waals surface area contributed by atoms with Crippen LogP contribution in [0.15, 0.2) is 24.5 Å². The molecule has 0 bridgehead atoms. The summed E-state index contributed by atoms with van der Waals surface area (Å²) in [6.07, 6.45) is 4.49. The summed E-state index contributed by atoms with van der Waals surface area (Å²) in [5.41, 5.74) is 0.945. The van der Waals surface area contributed by atoms with E-state index in [2.05, 4.69) is 10.3 Å². The second-order valence-electron chi connectivity index (χ2n) is 5.56. The summed E-state index contributed by atoms with van der Waals surface area (Å²) in [4.78, 5) is 16.2. The first kappa shape index (κ1) is 17.8. The van der Waals surface area contributed by atoms with E-state index >= 15 is 0 Å². The Hall–Kier alpha value is -1.51. The van der Waals surface area contributed by atoms with Gasteiger partial charge in [0.1, 0.15) is 0 Å². The molecule has 128 valence electrons. The Morgan fingerprint density at radius 2 is 2.17 bits per heavy atom. The van der Waals surface area contributed by atoms with Crippen molar-refractivity contribution in [1.29, 1.82) is 0 Å². The molecule has 2 rings (SSSR count). The Kier molecular flexibility index (Phi) is 6.49. The molecule has 1 aliphatic heterocycles. The van der Waals surface area contributed by atoms with E-state index in [0.29, 0.717) is 32.5 Å². The fourth-order valence-electron chi connectivity index (χ4n) is 2.55. The molecule has 7 nitrogen and oxygen atoms in total. The van der Waals surface area contributed by atoms with Gasteiger partial charge in [-0.2, -0.15) is 0 Å². The highest BCUT2D eigenvalue weighted by Crippen LogP contribution is 2.20. The average molecular weight is 341 g/mol. The lowest BCUT2D eigenvalue weighted by molar-refractivity contribution is -0.126. The maximum absolute atomic E-state index is 12.2. The first-order valence-corrected chi connectivity index (χ1v) is 9.27. The lowest BCUT2D eigenvalue weighted by atomic mass is 9.97. The van der Waals surface area contributed by atoms with Gasteiger partial charge in [0, 0.05) is 45.1 Å². The predicted octanol–water partition coefficient (Wildman–Crippen LogP) is 0.386. The third-order valence-electron chi connectivity index (χ3n) is 3.95. The van der Waals surface area contributed by atoms with Crippen LogP contribution in [0.5, 0.6) is 0 Å². The number of aromatic nitrogens is 1. The molecule has 8 heteroatoms. The van der Waals surface area contributed by atoms with Crippen LogP contribution in [0.2, 0.25) is 0 Å². The first-order chi connectivity index (χ1) is 11.0. The third kappa shape index (κ3) is 5.26. The molecule has 1 amide bonds. The number of hydrogen-bond acceptors (Lipinski definition) is 5. The summed E-state index contributed by atoms with van der Waals surface area (Å²) < 4.78 is 30.4. The topological polar surface area (TPSA) is 88.6 Å². The summed E-state index contributed by atoms with van der Waals surface area (Å²) in [6.45, 7) is 1.40. The van der Waals surface area contributed by atoms with E-state index in [1.54, 1.807) is 12.4 Å². The van der Waals surface area contributed by atoms with Gasteiger partial charge >= 0.3 is 0 Å². The Bertz CT molecular complexity index is 598. The molecular weight excluding hydrogens is 318 g/mol. The summed E-state index contributed by atoms with van der Waals surface area (Å²) in [7, 11) is -1.80. The molecule has 23 heavy (non-hydrogen) atoms. The van der Waals surface area contributed by atoms with Crippen LogP contribution in [0.3, 0.4) is 0 Å². The molecule has 0 unspecified atom stereocenters. The van der Waals surface area contributed by atoms with Gasteiger partial charge in [-0.3, -0.25) is 9.78 Å². The van der Waals surface area contributed by atoms with Gasteiger partial charge < -0.3 is 10.1 Å². The Balaban J connectivity index is 1.78. The van der Waals surface area contributed by atoms with Crippen molar-refractivity contribution >= 4 is 15.9 Å². The lowest BCUT2D eigenvalue weighted by Gasteiger charge is -2.30. The van der Waals surface area contributed by atoms with Gasteiger partial charge in [0.25, 0.3) is 0 Å². The van der Waals surface area contributed by atoms with E-state index in [0.717, 1.165) is 5.56 Å². The maximum atomic E-state index is 12.2. The molecule has 1 N–H and O–H groups in total. The second-order valence-corrected chi connectivity index (χ2v) is 7.65. The minimum Gasteiger partial charge on any atom is -0.384 e. The number of rotatable bonds is 7. The molecule has 1 aromatic heterocycles. The number of piperidine rings is 1. The van der Waals surface area contributed by atoms with Crippen molar-refractivity contribution < 1.29 is 17.9 Å². The molecule has 1 saturated heterocycles. The zero-order valence-corrected chi connectivity index (χ0v) is 14.1. The van der Waals surface area contributed by atoms with Crippen LogP contribution in [-0.4, -0.2) is 56.2 Å². The highest BCUT2D eigenvalue weighted by molar-refractivity contribution is 7.89. The smallest absolute Gasteiger partial charge is 0.223 e. The normalized spacial score (nSPS) is 17.1.